The minimum atomic E-state index is 0.399. The summed E-state index contributed by atoms with van der Waals surface area (Å²) in [5, 5.41) is 0. The van der Waals surface area contributed by atoms with Gasteiger partial charge in [-0.25, -0.2) is 4.98 Å². The highest BCUT2D eigenvalue weighted by Crippen LogP contribution is 2.24. The molecule has 2 N–H and O–H groups in total. The van der Waals surface area contributed by atoms with Crippen LogP contribution in [-0.2, 0) is 6.54 Å². The van der Waals surface area contributed by atoms with Crippen LogP contribution in [-0.4, -0.2) is 9.55 Å². The summed E-state index contributed by atoms with van der Waals surface area (Å²) in [5.74, 6) is 0.991. The van der Waals surface area contributed by atoms with Gasteiger partial charge in [-0.2, -0.15) is 0 Å². The van der Waals surface area contributed by atoms with Crippen molar-refractivity contribution in [2.75, 3.05) is 5.73 Å². The van der Waals surface area contributed by atoms with E-state index in [0.717, 1.165) is 17.6 Å². The van der Waals surface area contributed by atoms with Crippen LogP contribution in [0.3, 0.4) is 0 Å². The van der Waals surface area contributed by atoms with Crippen LogP contribution in [0.5, 0.6) is 0 Å². The van der Waals surface area contributed by atoms with Crippen molar-refractivity contribution in [3.8, 4) is 0 Å². The molecule has 1 atom stereocenters. The lowest BCUT2D eigenvalue weighted by Crippen LogP contribution is -2.09. The first-order valence-corrected chi connectivity index (χ1v) is 6.92. The first kappa shape index (κ1) is 12.7. The molecule has 20 heavy (non-hydrogen) atoms. The average Bonchev–Trinajstić information content (AvgIpc) is 2.76. The van der Waals surface area contributed by atoms with Crippen molar-refractivity contribution in [2.45, 2.75) is 26.3 Å². The molecule has 1 unspecified atom stereocenters. The number of rotatable bonds is 3. The fourth-order valence-electron chi connectivity index (χ4n) is 2.60. The number of hydrogen-bond acceptors (Lipinski definition) is 2. The van der Waals surface area contributed by atoms with Gasteiger partial charge in [0.05, 0.1) is 11.0 Å². The van der Waals surface area contributed by atoms with E-state index in [-0.39, 0.29) is 0 Å². The topological polar surface area (TPSA) is 43.8 Å². The first-order chi connectivity index (χ1) is 9.65. The fourth-order valence-corrected chi connectivity index (χ4v) is 2.60. The lowest BCUT2D eigenvalue weighted by atomic mass is 10.0. The maximum atomic E-state index is 6.08. The summed E-state index contributed by atoms with van der Waals surface area (Å²) in [6.45, 7) is 5.15. The van der Waals surface area contributed by atoms with Gasteiger partial charge in [0.15, 0.2) is 0 Å². The van der Waals surface area contributed by atoms with Gasteiger partial charge in [-0.1, -0.05) is 43.3 Å². The quantitative estimate of drug-likeness (QED) is 0.784. The molecule has 0 radical (unpaired) electrons. The molecular formula is C17H19N3. The molecule has 0 aliphatic rings. The Morgan fingerprint density at radius 2 is 1.90 bits per heavy atom. The van der Waals surface area contributed by atoms with Gasteiger partial charge in [-0.15, -0.1) is 0 Å². The van der Waals surface area contributed by atoms with Gasteiger partial charge in [0, 0.05) is 6.54 Å². The summed E-state index contributed by atoms with van der Waals surface area (Å²) in [6.07, 6.45) is 0. The van der Waals surface area contributed by atoms with Gasteiger partial charge in [0.2, 0.25) is 5.95 Å². The number of aryl methyl sites for hydroxylation is 1. The van der Waals surface area contributed by atoms with E-state index in [1.807, 2.05) is 12.1 Å². The number of imidazole rings is 1. The van der Waals surface area contributed by atoms with E-state index in [1.54, 1.807) is 0 Å². The average molecular weight is 265 g/mol. The van der Waals surface area contributed by atoms with E-state index >= 15 is 0 Å². The second kappa shape index (κ2) is 5.00. The van der Waals surface area contributed by atoms with E-state index in [0.29, 0.717) is 11.9 Å². The number of benzene rings is 2. The van der Waals surface area contributed by atoms with Gasteiger partial charge in [-0.05, 0) is 36.1 Å². The third kappa shape index (κ3) is 2.27. The van der Waals surface area contributed by atoms with Gasteiger partial charge in [0.25, 0.3) is 0 Å². The first-order valence-electron chi connectivity index (χ1n) is 6.92. The van der Waals surface area contributed by atoms with Crippen molar-refractivity contribution < 1.29 is 0 Å². The van der Waals surface area contributed by atoms with Crippen LogP contribution in [0.25, 0.3) is 11.0 Å². The zero-order chi connectivity index (χ0) is 14.1. The summed E-state index contributed by atoms with van der Waals surface area (Å²) in [4.78, 5) is 4.44. The molecule has 0 saturated carbocycles. The third-order valence-corrected chi connectivity index (χ3v) is 3.76. The molecule has 3 aromatic rings. The number of fused-ring (bicyclic) bond motifs is 1. The second-order valence-corrected chi connectivity index (χ2v) is 5.38. The molecule has 102 valence electrons. The highest BCUT2D eigenvalue weighted by atomic mass is 15.2. The third-order valence-electron chi connectivity index (χ3n) is 3.76. The number of hydrogen-bond donors (Lipinski definition) is 1. The highest BCUT2D eigenvalue weighted by Gasteiger charge is 2.12. The molecule has 0 bridgehead atoms. The van der Waals surface area contributed by atoms with Crippen molar-refractivity contribution in [1.82, 2.24) is 9.55 Å². The summed E-state index contributed by atoms with van der Waals surface area (Å²) < 4.78 is 2.11. The van der Waals surface area contributed by atoms with E-state index < -0.39 is 0 Å². The molecule has 0 aliphatic heterocycles. The van der Waals surface area contributed by atoms with Crippen molar-refractivity contribution in [3.05, 3.63) is 59.7 Å². The van der Waals surface area contributed by atoms with Gasteiger partial charge < -0.3 is 10.3 Å². The Labute approximate surface area is 119 Å². The van der Waals surface area contributed by atoms with Crippen molar-refractivity contribution in [2.24, 2.45) is 0 Å². The van der Waals surface area contributed by atoms with Crippen LogP contribution < -0.4 is 5.73 Å². The highest BCUT2D eigenvalue weighted by molar-refractivity contribution is 5.79. The zero-order valence-electron chi connectivity index (χ0n) is 11.9. The Balaban J connectivity index is 1.98. The van der Waals surface area contributed by atoms with Gasteiger partial charge in [0.1, 0.15) is 0 Å². The predicted octanol–water partition coefficient (Wildman–Crippen LogP) is 3.73. The van der Waals surface area contributed by atoms with Crippen LogP contribution in [0.1, 0.15) is 24.0 Å². The number of aromatic nitrogens is 2. The molecular weight excluding hydrogens is 246 g/mol. The maximum Gasteiger partial charge on any atom is 0.201 e. The number of nitrogens with two attached hydrogens (primary N) is 1. The van der Waals surface area contributed by atoms with Crippen molar-refractivity contribution in [3.63, 3.8) is 0 Å². The molecule has 0 fully saturated rings. The zero-order valence-corrected chi connectivity index (χ0v) is 11.9. The van der Waals surface area contributed by atoms with Gasteiger partial charge >= 0.3 is 0 Å². The van der Waals surface area contributed by atoms with E-state index in [1.165, 1.54) is 11.1 Å². The number of nitrogens with zero attached hydrogens (tertiary/aromatic N) is 2. The summed E-state index contributed by atoms with van der Waals surface area (Å²) in [7, 11) is 0. The molecule has 1 heterocycles. The Bertz CT molecular complexity index is 729. The Hall–Kier alpha value is -2.29. The Morgan fingerprint density at radius 1 is 1.15 bits per heavy atom. The Kier molecular flexibility index (Phi) is 3.18. The minimum Gasteiger partial charge on any atom is -0.369 e. The summed E-state index contributed by atoms with van der Waals surface area (Å²) in [6, 6.07) is 16.8. The standard InChI is InChI=1S/C17H19N3/c1-12-8-9-15-16(10-12)20(17(18)19-15)11-13(2)14-6-4-3-5-7-14/h3-10,13H,11H2,1-2H3,(H2,18,19). The molecule has 1 aromatic heterocycles. The molecule has 0 aliphatic carbocycles. The second-order valence-electron chi connectivity index (χ2n) is 5.38. The van der Waals surface area contributed by atoms with Crippen LogP contribution in [0.2, 0.25) is 0 Å². The smallest absolute Gasteiger partial charge is 0.201 e. The molecule has 0 saturated heterocycles. The minimum absolute atomic E-state index is 0.399. The number of anilines is 1. The van der Waals surface area contributed by atoms with E-state index in [4.69, 9.17) is 5.73 Å². The monoisotopic (exact) mass is 265 g/mol. The summed E-state index contributed by atoms with van der Waals surface area (Å²) >= 11 is 0. The fraction of sp³-hybridized carbons (Fsp3) is 0.235. The number of nitrogen functional groups attached to an aromatic ring is 1. The molecule has 0 amide bonds. The van der Waals surface area contributed by atoms with E-state index in [2.05, 4.69) is 59.8 Å². The molecule has 3 heteroatoms. The molecule has 2 aromatic carbocycles. The lowest BCUT2D eigenvalue weighted by molar-refractivity contribution is 0.617. The summed E-state index contributed by atoms with van der Waals surface area (Å²) in [5.41, 5.74) is 10.7. The van der Waals surface area contributed by atoms with Crippen molar-refractivity contribution >= 4 is 17.0 Å². The molecule has 3 nitrogen and oxygen atoms in total. The van der Waals surface area contributed by atoms with Crippen LogP contribution >= 0.6 is 0 Å². The van der Waals surface area contributed by atoms with Crippen LogP contribution in [0.15, 0.2) is 48.5 Å². The largest absolute Gasteiger partial charge is 0.369 e. The van der Waals surface area contributed by atoms with Crippen LogP contribution in [0.4, 0.5) is 5.95 Å². The van der Waals surface area contributed by atoms with Gasteiger partial charge in [-0.3, -0.25) is 0 Å². The molecule has 3 rings (SSSR count). The lowest BCUT2D eigenvalue weighted by Gasteiger charge is -2.14. The maximum absolute atomic E-state index is 6.08. The van der Waals surface area contributed by atoms with Crippen molar-refractivity contribution in [1.29, 1.82) is 0 Å². The van der Waals surface area contributed by atoms with Crippen LogP contribution in [0, 0.1) is 6.92 Å². The Morgan fingerprint density at radius 3 is 2.65 bits per heavy atom. The SMILES string of the molecule is Cc1ccc2nc(N)n(CC(C)c3ccccc3)c2c1. The predicted molar refractivity (Wildman–Crippen MR) is 83.7 cm³/mol. The molecule has 0 spiro atoms. The van der Waals surface area contributed by atoms with E-state index in [9.17, 15) is 0 Å². The normalized spacial score (nSPS) is 12.7.